The molecule has 0 bridgehead atoms. The summed E-state index contributed by atoms with van der Waals surface area (Å²) in [6.45, 7) is 2.17. The van der Waals surface area contributed by atoms with Crippen molar-refractivity contribution in [2.75, 3.05) is 0 Å². The molecular formula is C13H16ClN3S. The number of thiocarbonyl (C=S) groups is 1. The molecule has 1 aromatic carbocycles. The SMILES string of the molecule is CCCCC1N=C(c2ccc(Cl)cc2)NC(=S)N1. The Bertz CT molecular complexity index is 456. The lowest BCUT2D eigenvalue weighted by atomic mass is 10.1. The molecule has 5 heteroatoms. The van der Waals surface area contributed by atoms with E-state index in [1.807, 2.05) is 24.3 Å². The number of rotatable bonds is 4. The summed E-state index contributed by atoms with van der Waals surface area (Å²) in [6, 6.07) is 7.60. The molecule has 0 saturated heterocycles. The van der Waals surface area contributed by atoms with Crippen LogP contribution in [0.2, 0.25) is 5.02 Å². The molecule has 0 spiro atoms. The van der Waals surface area contributed by atoms with Gasteiger partial charge in [-0.15, -0.1) is 0 Å². The van der Waals surface area contributed by atoms with Crippen LogP contribution in [0.25, 0.3) is 0 Å². The second-order valence-corrected chi connectivity index (χ2v) is 5.09. The highest BCUT2D eigenvalue weighted by Gasteiger charge is 2.17. The van der Waals surface area contributed by atoms with E-state index in [0.29, 0.717) is 5.11 Å². The molecular weight excluding hydrogens is 266 g/mol. The van der Waals surface area contributed by atoms with Crippen LogP contribution in [0.4, 0.5) is 0 Å². The van der Waals surface area contributed by atoms with E-state index < -0.39 is 0 Å². The van der Waals surface area contributed by atoms with E-state index in [-0.39, 0.29) is 6.17 Å². The maximum absolute atomic E-state index is 5.88. The van der Waals surface area contributed by atoms with Crippen molar-refractivity contribution in [1.82, 2.24) is 10.6 Å². The zero-order valence-corrected chi connectivity index (χ0v) is 11.8. The zero-order valence-electron chi connectivity index (χ0n) is 10.2. The van der Waals surface area contributed by atoms with Crippen molar-refractivity contribution >= 4 is 34.8 Å². The van der Waals surface area contributed by atoms with Crippen LogP contribution in [0.5, 0.6) is 0 Å². The van der Waals surface area contributed by atoms with E-state index >= 15 is 0 Å². The first-order chi connectivity index (χ1) is 8.69. The van der Waals surface area contributed by atoms with Gasteiger partial charge in [-0.1, -0.05) is 24.9 Å². The monoisotopic (exact) mass is 281 g/mol. The Hall–Kier alpha value is -1.13. The van der Waals surface area contributed by atoms with Crippen molar-refractivity contribution in [2.45, 2.75) is 32.4 Å². The van der Waals surface area contributed by atoms with Gasteiger partial charge in [0, 0.05) is 10.6 Å². The van der Waals surface area contributed by atoms with Crippen LogP contribution >= 0.6 is 23.8 Å². The molecule has 0 aliphatic carbocycles. The van der Waals surface area contributed by atoms with Crippen molar-refractivity contribution in [3.05, 3.63) is 34.9 Å². The first-order valence-corrected chi connectivity index (χ1v) is 6.89. The maximum Gasteiger partial charge on any atom is 0.173 e. The molecule has 2 rings (SSSR count). The van der Waals surface area contributed by atoms with Crippen LogP contribution in [0.1, 0.15) is 31.7 Å². The molecule has 1 unspecified atom stereocenters. The smallest absolute Gasteiger partial charge is 0.173 e. The lowest BCUT2D eigenvalue weighted by Gasteiger charge is -2.24. The normalized spacial score (nSPS) is 18.9. The second-order valence-electron chi connectivity index (χ2n) is 4.24. The number of aliphatic imine (C=N–C) groups is 1. The quantitative estimate of drug-likeness (QED) is 0.833. The summed E-state index contributed by atoms with van der Waals surface area (Å²) < 4.78 is 0. The summed E-state index contributed by atoms with van der Waals surface area (Å²) >= 11 is 11.1. The Kier molecular flexibility index (Phi) is 4.55. The average Bonchev–Trinajstić information content (AvgIpc) is 2.36. The van der Waals surface area contributed by atoms with Gasteiger partial charge in [0.15, 0.2) is 5.11 Å². The summed E-state index contributed by atoms with van der Waals surface area (Å²) in [7, 11) is 0. The highest BCUT2D eigenvalue weighted by Crippen LogP contribution is 2.12. The molecule has 0 aromatic heterocycles. The second kappa shape index (κ2) is 6.16. The first-order valence-electron chi connectivity index (χ1n) is 6.10. The molecule has 1 aliphatic heterocycles. The number of unbranched alkanes of at least 4 members (excludes halogenated alkanes) is 1. The molecule has 3 nitrogen and oxygen atoms in total. The zero-order chi connectivity index (χ0) is 13.0. The Morgan fingerprint density at radius 2 is 2.06 bits per heavy atom. The van der Waals surface area contributed by atoms with Crippen molar-refractivity contribution < 1.29 is 0 Å². The van der Waals surface area contributed by atoms with Gasteiger partial charge in [-0.3, -0.25) is 0 Å². The highest BCUT2D eigenvalue weighted by molar-refractivity contribution is 7.80. The van der Waals surface area contributed by atoms with Crippen LogP contribution in [-0.2, 0) is 0 Å². The molecule has 1 heterocycles. The Balaban J connectivity index is 2.17. The summed E-state index contributed by atoms with van der Waals surface area (Å²) in [6.07, 6.45) is 3.36. The number of halogens is 1. The number of amidine groups is 1. The van der Waals surface area contributed by atoms with E-state index in [1.165, 1.54) is 0 Å². The van der Waals surface area contributed by atoms with Gasteiger partial charge in [-0.2, -0.15) is 0 Å². The number of nitrogens with one attached hydrogen (secondary N) is 2. The Labute approximate surface area is 118 Å². The van der Waals surface area contributed by atoms with Gasteiger partial charge in [-0.25, -0.2) is 4.99 Å². The number of nitrogens with zero attached hydrogens (tertiary/aromatic N) is 1. The van der Waals surface area contributed by atoms with Crippen LogP contribution in [0, 0.1) is 0 Å². The largest absolute Gasteiger partial charge is 0.341 e. The van der Waals surface area contributed by atoms with Crippen molar-refractivity contribution in [1.29, 1.82) is 0 Å². The maximum atomic E-state index is 5.88. The number of hydrogen-bond acceptors (Lipinski definition) is 2. The predicted octanol–water partition coefficient (Wildman–Crippen LogP) is 3.08. The first kappa shape index (κ1) is 13.3. The van der Waals surface area contributed by atoms with E-state index in [1.54, 1.807) is 0 Å². The molecule has 1 atom stereocenters. The molecule has 0 amide bonds. The topological polar surface area (TPSA) is 36.4 Å². The summed E-state index contributed by atoms with van der Waals surface area (Å²) in [5.74, 6) is 0.816. The fourth-order valence-corrected chi connectivity index (χ4v) is 2.16. The highest BCUT2D eigenvalue weighted by atomic mass is 35.5. The third-order valence-electron chi connectivity index (χ3n) is 2.76. The Morgan fingerprint density at radius 1 is 1.33 bits per heavy atom. The third kappa shape index (κ3) is 3.43. The van der Waals surface area contributed by atoms with Crippen LogP contribution in [0.3, 0.4) is 0 Å². The van der Waals surface area contributed by atoms with Gasteiger partial charge in [0.1, 0.15) is 12.0 Å². The van der Waals surface area contributed by atoms with Gasteiger partial charge < -0.3 is 10.6 Å². The van der Waals surface area contributed by atoms with Crippen molar-refractivity contribution in [3.63, 3.8) is 0 Å². The van der Waals surface area contributed by atoms with Crippen LogP contribution < -0.4 is 10.6 Å². The van der Waals surface area contributed by atoms with Crippen LogP contribution in [0.15, 0.2) is 29.3 Å². The Morgan fingerprint density at radius 3 is 2.72 bits per heavy atom. The van der Waals surface area contributed by atoms with Gasteiger partial charge in [-0.05, 0) is 49.3 Å². The minimum atomic E-state index is 0.0735. The number of hydrogen-bond donors (Lipinski definition) is 2. The molecule has 1 aliphatic rings. The average molecular weight is 282 g/mol. The molecule has 0 fully saturated rings. The lowest BCUT2D eigenvalue weighted by molar-refractivity contribution is 0.542. The van der Waals surface area contributed by atoms with Gasteiger partial charge >= 0.3 is 0 Å². The van der Waals surface area contributed by atoms with Gasteiger partial charge in [0.2, 0.25) is 0 Å². The van der Waals surface area contributed by atoms with E-state index in [4.69, 9.17) is 23.8 Å². The minimum absolute atomic E-state index is 0.0735. The number of benzene rings is 1. The minimum Gasteiger partial charge on any atom is -0.341 e. The molecule has 0 radical (unpaired) electrons. The van der Waals surface area contributed by atoms with Crippen molar-refractivity contribution in [2.24, 2.45) is 4.99 Å². The predicted molar refractivity (Wildman–Crippen MR) is 80.2 cm³/mol. The fourth-order valence-electron chi connectivity index (χ4n) is 1.80. The summed E-state index contributed by atoms with van der Waals surface area (Å²) in [5.41, 5.74) is 1.00. The molecule has 2 N–H and O–H groups in total. The van der Waals surface area contributed by atoms with Gasteiger partial charge in [0.05, 0.1) is 0 Å². The molecule has 96 valence electrons. The third-order valence-corrected chi connectivity index (χ3v) is 3.24. The summed E-state index contributed by atoms with van der Waals surface area (Å²) in [4.78, 5) is 4.63. The lowest BCUT2D eigenvalue weighted by Crippen LogP contribution is -2.49. The summed E-state index contributed by atoms with van der Waals surface area (Å²) in [5, 5.41) is 7.61. The standard InChI is InChI=1S/C13H16ClN3S/c1-2-3-4-11-15-12(17-13(18)16-11)9-5-7-10(14)8-6-9/h5-8,11H,2-4H2,1H3,(H2,15,16,17,18). The molecule has 1 aromatic rings. The van der Waals surface area contributed by atoms with E-state index in [9.17, 15) is 0 Å². The van der Waals surface area contributed by atoms with E-state index in [0.717, 1.165) is 35.7 Å². The van der Waals surface area contributed by atoms with Crippen LogP contribution in [-0.4, -0.2) is 17.1 Å². The van der Waals surface area contributed by atoms with E-state index in [2.05, 4.69) is 22.5 Å². The fraction of sp³-hybridized carbons (Fsp3) is 0.385. The van der Waals surface area contributed by atoms with Crippen molar-refractivity contribution in [3.8, 4) is 0 Å². The molecule has 18 heavy (non-hydrogen) atoms. The van der Waals surface area contributed by atoms with Gasteiger partial charge in [0.25, 0.3) is 0 Å². The molecule has 0 saturated carbocycles.